The molecule has 7 aromatic rings. The third-order valence-electron chi connectivity index (χ3n) is 10.4. The van der Waals surface area contributed by atoms with Gasteiger partial charge in [-0.2, -0.15) is 4.57 Å². The molecule has 68 heavy (non-hydrogen) atoms. The Bertz CT molecular complexity index is 2800. The molecular formula is C44H20BF20NO2. The summed E-state index contributed by atoms with van der Waals surface area (Å²) in [6.45, 7) is 4.47. The quantitative estimate of drug-likeness (QED) is 0.0380. The number of carbonyl (C=O) groups excluding carboxylic acids is 1. The van der Waals surface area contributed by atoms with Gasteiger partial charge in [0.25, 0.3) is 0 Å². The average Bonchev–Trinajstić information content (AvgIpc) is 3.31. The van der Waals surface area contributed by atoms with Gasteiger partial charge in [-0.05, 0) is 38.1 Å². The predicted molar refractivity (Wildman–Crippen MR) is 199 cm³/mol. The highest BCUT2D eigenvalue weighted by Crippen LogP contribution is 2.31. The molecule has 356 valence electrons. The van der Waals surface area contributed by atoms with Gasteiger partial charge in [0, 0.05) is 23.1 Å². The fraction of sp³-hybridized carbons (Fsp3) is 0.0909. The first-order chi connectivity index (χ1) is 31.8. The number of esters is 1. The van der Waals surface area contributed by atoms with Crippen molar-refractivity contribution in [3.8, 4) is 0 Å². The van der Waals surface area contributed by atoms with Crippen LogP contribution in [0.5, 0.6) is 0 Å². The van der Waals surface area contributed by atoms with E-state index in [4.69, 9.17) is 4.74 Å². The molecule has 1 aromatic heterocycles. The number of nitrogens with zero attached hydrogens (tertiary/aromatic N) is 1. The van der Waals surface area contributed by atoms with Gasteiger partial charge in [-0.25, -0.2) is 92.6 Å². The van der Waals surface area contributed by atoms with Crippen molar-refractivity contribution in [2.75, 3.05) is 0 Å². The molecule has 0 unspecified atom stereocenters. The van der Waals surface area contributed by atoms with Gasteiger partial charge in [0.1, 0.15) is 52.7 Å². The molecule has 6 aromatic carbocycles. The molecule has 0 aliphatic carbocycles. The fourth-order valence-electron chi connectivity index (χ4n) is 7.46. The van der Waals surface area contributed by atoms with Crippen LogP contribution in [0.1, 0.15) is 29.8 Å². The van der Waals surface area contributed by atoms with E-state index in [0.717, 1.165) is 12.1 Å². The maximum Gasteiger partial charge on any atom is 0.338 e. The minimum atomic E-state index is -7.22. The summed E-state index contributed by atoms with van der Waals surface area (Å²) in [5.74, 6) is -71.7. The van der Waals surface area contributed by atoms with Crippen LogP contribution >= 0.6 is 0 Å². The normalized spacial score (nSPS) is 11.6. The van der Waals surface area contributed by atoms with Gasteiger partial charge < -0.3 is 4.74 Å². The van der Waals surface area contributed by atoms with E-state index in [-0.39, 0.29) is 12.1 Å². The van der Waals surface area contributed by atoms with E-state index in [1.807, 2.05) is 50.2 Å². The summed E-state index contributed by atoms with van der Waals surface area (Å²) < 4.78 is 301. The molecule has 3 nitrogen and oxygen atoms in total. The molecule has 7 rings (SSSR count). The molecule has 0 saturated carbocycles. The van der Waals surface area contributed by atoms with Crippen LogP contribution in [-0.4, -0.2) is 18.2 Å². The molecule has 0 aliphatic heterocycles. The maximum absolute atomic E-state index is 15.4. The summed E-state index contributed by atoms with van der Waals surface area (Å²) in [6, 6.07) is 20.1. The van der Waals surface area contributed by atoms with E-state index >= 15 is 35.1 Å². The molecule has 0 aliphatic rings. The summed E-state index contributed by atoms with van der Waals surface area (Å²) in [5, 5.41) is 1.21. The standard InChI is InChI=1S/C24BF20.C20H20NO2/c26-5-1(6(27)14(35)21(42)13(5)34)25(2-7(28)15(36)22(43)16(37)8(2)29,3-9(30)17(38)23(44)18(39)10(3)31)4-11(32)19(40)24(45)20(41)12(4)33;1-15(2)23-20(22)18-11-9-16(10-12-18)14-21-13-5-7-17-6-3-4-8-19(17)21/h;3-13,15H,14H2,1-2H3/q-1;+1. The first kappa shape index (κ1) is 50.3. The Morgan fingerprint density at radius 1 is 0.426 bits per heavy atom. The zero-order chi connectivity index (χ0) is 50.6. The molecule has 24 heteroatoms. The number of ether oxygens (including phenoxy) is 1. The van der Waals surface area contributed by atoms with Crippen LogP contribution in [0.2, 0.25) is 0 Å². The van der Waals surface area contributed by atoms with Crippen LogP contribution < -0.4 is 26.4 Å². The highest BCUT2D eigenvalue weighted by Gasteiger charge is 2.52. The Balaban J connectivity index is 0.000000276. The number of rotatable bonds is 8. The smallest absolute Gasteiger partial charge is 0.338 e. The SMILES string of the molecule is CC(C)OC(=O)c1ccc(C[n+]2cccc3ccccc32)cc1.Fc1c(F)c(F)c([B-](c2c(F)c(F)c(F)c(F)c2F)(c2c(F)c(F)c(F)c(F)c2F)c2c(F)c(F)c(F)c(F)c2F)c(F)c1F. The number of para-hydroxylation sites is 1. The van der Waals surface area contributed by atoms with E-state index < -0.39 is 144 Å². The first-order valence-electron chi connectivity index (χ1n) is 18.7. The Labute approximate surface area is 367 Å². The van der Waals surface area contributed by atoms with Crippen LogP contribution in [0.15, 0.2) is 66.9 Å². The number of pyridine rings is 1. The molecule has 0 saturated heterocycles. The second-order valence-electron chi connectivity index (χ2n) is 14.6. The Morgan fingerprint density at radius 3 is 1.04 bits per heavy atom. The Kier molecular flexibility index (Phi) is 13.9. The highest BCUT2D eigenvalue weighted by molar-refractivity contribution is 7.20. The number of benzene rings is 6. The predicted octanol–water partition coefficient (Wildman–Crippen LogP) is 9.59. The largest absolute Gasteiger partial charge is 0.459 e. The first-order valence-corrected chi connectivity index (χ1v) is 18.7. The lowest BCUT2D eigenvalue weighted by Crippen LogP contribution is -2.81. The summed E-state index contributed by atoms with van der Waals surface area (Å²) in [7, 11) is 0. The van der Waals surface area contributed by atoms with Crippen molar-refractivity contribution < 1.29 is 102 Å². The van der Waals surface area contributed by atoms with Crippen molar-refractivity contribution >= 4 is 44.9 Å². The minimum Gasteiger partial charge on any atom is -0.459 e. The van der Waals surface area contributed by atoms with Gasteiger partial charge in [0.05, 0.1) is 11.7 Å². The van der Waals surface area contributed by atoms with Gasteiger partial charge in [-0.1, -0.05) is 24.3 Å². The Morgan fingerprint density at radius 2 is 0.721 bits per heavy atom. The number of hydrogen-bond acceptors (Lipinski definition) is 2. The second-order valence-corrected chi connectivity index (χ2v) is 14.6. The van der Waals surface area contributed by atoms with Crippen molar-refractivity contribution in [1.82, 2.24) is 0 Å². The number of halogens is 20. The van der Waals surface area contributed by atoms with E-state index in [1.54, 1.807) is 0 Å². The van der Waals surface area contributed by atoms with Crippen LogP contribution in [0.3, 0.4) is 0 Å². The lowest BCUT2D eigenvalue weighted by molar-refractivity contribution is -0.662. The lowest BCUT2D eigenvalue weighted by atomic mass is 9.12. The molecule has 0 radical (unpaired) electrons. The van der Waals surface area contributed by atoms with Crippen molar-refractivity contribution in [3.05, 3.63) is 194 Å². The Hall–Kier alpha value is -7.14. The monoisotopic (exact) mass is 985 g/mol. The number of fused-ring (bicyclic) bond motifs is 1. The summed E-state index contributed by atoms with van der Waals surface area (Å²) in [5.41, 5.74) is -11.4. The van der Waals surface area contributed by atoms with Crippen LogP contribution in [0.4, 0.5) is 87.8 Å². The molecule has 0 N–H and O–H groups in total. The average molecular weight is 985 g/mol. The van der Waals surface area contributed by atoms with Crippen molar-refractivity contribution in [2.45, 2.75) is 26.5 Å². The van der Waals surface area contributed by atoms with Gasteiger partial charge in [0.2, 0.25) is 5.52 Å². The molecule has 0 fully saturated rings. The van der Waals surface area contributed by atoms with E-state index in [2.05, 4.69) is 35.0 Å². The zero-order valence-corrected chi connectivity index (χ0v) is 33.5. The molecule has 0 spiro atoms. The molecule has 0 bridgehead atoms. The highest BCUT2D eigenvalue weighted by atomic mass is 19.2. The van der Waals surface area contributed by atoms with Crippen LogP contribution in [0, 0.1) is 116 Å². The molecule has 1 heterocycles. The maximum atomic E-state index is 15.4. The number of hydrogen-bond donors (Lipinski definition) is 0. The third kappa shape index (κ3) is 8.11. The van der Waals surface area contributed by atoms with Gasteiger partial charge in [-0.3, -0.25) is 0 Å². The van der Waals surface area contributed by atoms with Gasteiger partial charge in [-0.15, -0.1) is 21.9 Å². The van der Waals surface area contributed by atoms with Gasteiger partial charge >= 0.3 is 5.97 Å². The van der Waals surface area contributed by atoms with E-state index in [1.165, 1.54) is 10.9 Å². The molecule has 0 amide bonds. The number of carbonyl (C=O) groups is 1. The van der Waals surface area contributed by atoms with Crippen LogP contribution in [0.25, 0.3) is 10.9 Å². The van der Waals surface area contributed by atoms with Crippen molar-refractivity contribution in [1.29, 1.82) is 0 Å². The van der Waals surface area contributed by atoms with Crippen molar-refractivity contribution in [2.24, 2.45) is 0 Å². The van der Waals surface area contributed by atoms with Gasteiger partial charge in [0.15, 0.2) is 82.5 Å². The van der Waals surface area contributed by atoms with E-state index in [9.17, 15) is 57.5 Å². The third-order valence-corrected chi connectivity index (χ3v) is 10.4. The zero-order valence-electron chi connectivity index (χ0n) is 33.5. The van der Waals surface area contributed by atoms with Crippen LogP contribution in [-0.2, 0) is 11.3 Å². The van der Waals surface area contributed by atoms with Crippen molar-refractivity contribution in [3.63, 3.8) is 0 Å². The molecular weight excluding hydrogens is 965 g/mol. The number of aromatic nitrogens is 1. The summed E-state index contributed by atoms with van der Waals surface area (Å²) in [6.07, 6.45) is -5.25. The fourth-order valence-corrected chi connectivity index (χ4v) is 7.46. The second kappa shape index (κ2) is 18.9. The minimum absolute atomic E-state index is 0.103. The topological polar surface area (TPSA) is 30.2 Å². The molecule has 0 atom stereocenters. The lowest BCUT2D eigenvalue weighted by Gasteiger charge is -2.44. The summed E-state index contributed by atoms with van der Waals surface area (Å²) in [4.78, 5) is 11.9. The van der Waals surface area contributed by atoms with E-state index in [0.29, 0.717) is 5.56 Å². The summed E-state index contributed by atoms with van der Waals surface area (Å²) >= 11 is 0.